The van der Waals surface area contributed by atoms with Crippen LogP contribution < -0.4 is 10.2 Å². The Kier molecular flexibility index (Phi) is 6.44. The molecular weight excluding hydrogens is 342 g/mol. The topological polar surface area (TPSA) is 61.9 Å². The van der Waals surface area contributed by atoms with Crippen molar-refractivity contribution in [1.82, 2.24) is 10.2 Å². The number of benzene rings is 2. The van der Waals surface area contributed by atoms with Crippen LogP contribution in [0.25, 0.3) is 0 Å². The molecule has 6 nitrogen and oxygen atoms in total. The zero-order valence-corrected chi connectivity index (χ0v) is 15.6. The smallest absolute Gasteiger partial charge is 0.324 e. The summed E-state index contributed by atoms with van der Waals surface area (Å²) in [5.41, 5.74) is 2.40. The monoisotopic (exact) mass is 367 g/mol. The van der Waals surface area contributed by atoms with Crippen LogP contribution in [-0.2, 0) is 11.3 Å². The van der Waals surface area contributed by atoms with Crippen molar-refractivity contribution >= 4 is 17.6 Å². The summed E-state index contributed by atoms with van der Waals surface area (Å²) in [6.45, 7) is 2.89. The van der Waals surface area contributed by atoms with Gasteiger partial charge in [0.25, 0.3) is 5.91 Å². The standard InChI is InChI=1S/C21H25N3O3/c1-27-14-11-22-20(25)18-9-5-10-19(15-18)24-13-6-12-23(21(24)26)16-17-7-3-2-4-8-17/h2-5,7-10,15H,6,11-14,16H2,1H3,(H,22,25). The molecule has 1 aliphatic heterocycles. The number of amides is 3. The predicted octanol–water partition coefficient (Wildman–Crippen LogP) is 2.90. The highest BCUT2D eigenvalue weighted by Gasteiger charge is 2.27. The largest absolute Gasteiger partial charge is 0.383 e. The molecule has 0 saturated carbocycles. The summed E-state index contributed by atoms with van der Waals surface area (Å²) in [6.07, 6.45) is 0.892. The fourth-order valence-electron chi connectivity index (χ4n) is 3.16. The van der Waals surface area contributed by atoms with Crippen LogP contribution in [-0.4, -0.2) is 50.2 Å². The average Bonchev–Trinajstić information content (AvgIpc) is 2.70. The molecule has 142 valence electrons. The minimum Gasteiger partial charge on any atom is -0.383 e. The first kappa shape index (κ1) is 18.9. The van der Waals surface area contributed by atoms with Gasteiger partial charge in [-0.05, 0) is 30.2 Å². The van der Waals surface area contributed by atoms with Crippen LogP contribution in [0.2, 0.25) is 0 Å². The molecule has 27 heavy (non-hydrogen) atoms. The van der Waals surface area contributed by atoms with Crippen LogP contribution in [0, 0.1) is 0 Å². The molecule has 1 aliphatic rings. The first-order valence-corrected chi connectivity index (χ1v) is 9.16. The SMILES string of the molecule is COCCNC(=O)c1cccc(N2CCCN(Cc3ccccc3)C2=O)c1. The van der Waals surface area contributed by atoms with Gasteiger partial charge in [-0.25, -0.2) is 4.79 Å². The van der Waals surface area contributed by atoms with Crippen molar-refractivity contribution in [2.75, 3.05) is 38.3 Å². The summed E-state index contributed by atoms with van der Waals surface area (Å²) in [7, 11) is 1.59. The van der Waals surface area contributed by atoms with Crippen molar-refractivity contribution < 1.29 is 14.3 Å². The van der Waals surface area contributed by atoms with Gasteiger partial charge in [-0.1, -0.05) is 36.4 Å². The number of hydrogen-bond donors (Lipinski definition) is 1. The molecule has 0 spiro atoms. The summed E-state index contributed by atoms with van der Waals surface area (Å²) in [5.74, 6) is -0.167. The van der Waals surface area contributed by atoms with Gasteiger partial charge in [0.1, 0.15) is 0 Å². The number of carbonyl (C=O) groups is 2. The van der Waals surface area contributed by atoms with E-state index in [-0.39, 0.29) is 11.9 Å². The third-order valence-electron chi connectivity index (χ3n) is 4.54. The van der Waals surface area contributed by atoms with E-state index in [1.807, 2.05) is 47.4 Å². The number of anilines is 1. The number of methoxy groups -OCH3 is 1. The Morgan fingerprint density at radius 2 is 1.93 bits per heavy atom. The van der Waals surface area contributed by atoms with Crippen LogP contribution in [0.1, 0.15) is 22.3 Å². The fraction of sp³-hybridized carbons (Fsp3) is 0.333. The van der Waals surface area contributed by atoms with Gasteiger partial charge in [-0.3, -0.25) is 9.69 Å². The molecule has 0 bridgehead atoms. The Balaban J connectivity index is 1.70. The summed E-state index contributed by atoms with van der Waals surface area (Å²) >= 11 is 0. The average molecular weight is 367 g/mol. The maximum Gasteiger partial charge on any atom is 0.324 e. The molecule has 0 aliphatic carbocycles. The Morgan fingerprint density at radius 3 is 2.70 bits per heavy atom. The Hall–Kier alpha value is -2.86. The number of carbonyl (C=O) groups excluding carboxylic acids is 2. The number of nitrogens with zero attached hydrogens (tertiary/aromatic N) is 2. The highest BCUT2D eigenvalue weighted by Crippen LogP contribution is 2.22. The third-order valence-corrected chi connectivity index (χ3v) is 4.54. The van der Waals surface area contributed by atoms with Crippen LogP contribution in [0.3, 0.4) is 0 Å². The van der Waals surface area contributed by atoms with Gasteiger partial charge < -0.3 is 15.0 Å². The first-order valence-electron chi connectivity index (χ1n) is 9.16. The maximum atomic E-state index is 13.0. The quantitative estimate of drug-likeness (QED) is 0.766. The van der Waals surface area contributed by atoms with Crippen molar-refractivity contribution in [3.05, 3.63) is 65.7 Å². The highest BCUT2D eigenvalue weighted by atomic mass is 16.5. The molecule has 2 aromatic carbocycles. The van der Waals surface area contributed by atoms with Crippen molar-refractivity contribution in [2.24, 2.45) is 0 Å². The molecule has 0 atom stereocenters. The summed E-state index contributed by atoms with van der Waals surface area (Å²) in [4.78, 5) is 28.8. The lowest BCUT2D eigenvalue weighted by Crippen LogP contribution is -2.49. The van der Waals surface area contributed by atoms with E-state index in [1.54, 1.807) is 24.1 Å². The second-order valence-electron chi connectivity index (χ2n) is 6.49. The lowest BCUT2D eigenvalue weighted by atomic mass is 10.1. The minimum atomic E-state index is -0.167. The molecular formula is C21H25N3O3. The zero-order chi connectivity index (χ0) is 19.1. The molecule has 1 N–H and O–H groups in total. The predicted molar refractivity (Wildman–Crippen MR) is 105 cm³/mol. The van der Waals surface area contributed by atoms with E-state index in [0.717, 1.165) is 24.2 Å². The third kappa shape index (κ3) is 4.86. The van der Waals surface area contributed by atoms with Crippen molar-refractivity contribution in [1.29, 1.82) is 0 Å². The Morgan fingerprint density at radius 1 is 1.11 bits per heavy atom. The molecule has 0 unspecified atom stereocenters. The van der Waals surface area contributed by atoms with Gasteiger partial charge in [0, 0.05) is 44.5 Å². The molecule has 6 heteroatoms. The number of hydrogen-bond acceptors (Lipinski definition) is 3. The van der Waals surface area contributed by atoms with Gasteiger partial charge in [-0.15, -0.1) is 0 Å². The van der Waals surface area contributed by atoms with E-state index < -0.39 is 0 Å². The second kappa shape index (κ2) is 9.19. The van der Waals surface area contributed by atoms with Crippen LogP contribution in [0.5, 0.6) is 0 Å². The van der Waals surface area contributed by atoms with Gasteiger partial charge in [-0.2, -0.15) is 0 Å². The summed E-state index contributed by atoms with van der Waals surface area (Å²) < 4.78 is 4.95. The van der Waals surface area contributed by atoms with Gasteiger partial charge in [0.05, 0.1) is 6.61 Å². The van der Waals surface area contributed by atoms with Gasteiger partial charge in [0.2, 0.25) is 0 Å². The molecule has 3 amide bonds. The lowest BCUT2D eigenvalue weighted by molar-refractivity contribution is 0.0937. The second-order valence-corrected chi connectivity index (χ2v) is 6.49. The molecule has 0 radical (unpaired) electrons. The first-order chi connectivity index (χ1) is 13.2. The van der Waals surface area contributed by atoms with E-state index in [9.17, 15) is 9.59 Å². The molecule has 1 heterocycles. The van der Waals surface area contributed by atoms with Crippen molar-refractivity contribution in [3.8, 4) is 0 Å². The molecule has 1 saturated heterocycles. The molecule has 2 aromatic rings. The highest BCUT2D eigenvalue weighted by molar-refractivity contribution is 5.98. The van der Waals surface area contributed by atoms with E-state index in [2.05, 4.69) is 5.32 Å². The number of nitrogens with one attached hydrogen (secondary N) is 1. The van der Waals surface area contributed by atoms with E-state index in [0.29, 0.717) is 31.8 Å². The van der Waals surface area contributed by atoms with Crippen molar-refractivity contribution in [3.63, 3.8) is 0 Å². The summed E-state index contributed by atoms with van der Waals surface area (Å²) in [5, 5.41) is 2.80. The van der Waals surface area contributed by atoms with E-state index in [4.69, 9.17) is 4.74 Å². The normalized spacial score (nSPS) is 14.3. The van der Waals surface area contributed by atoms with Crippen LogP contribution in [0.4, 0.5) is 10.5 Å². The number of urea groups is 1. The molecule has 1 fully saturated rings. The summed E-state index contributed by atoms with van der Waals surface area (Å²) in [6, 6.07) is 17.2. The lowest BCUT2D eigenvalue weighted by Gasteiger charge is -2.35. The molecule has 0 aromatic heterocycles. The van der Waals surface area contributed by atoms with Crippen LogP contribution in [0.15, 0.2) is 54.6 Å². The maximum absolute atomic E-state index is 13.0. The van der Waals surface area contributed by atoms with Crippen molar-refractivity contribution in [2.45, 2.75) is 13.0 Å². The Bertz CT molecular complexity index is 779. The number of rotatable bonds is 7. The van der Waals surface area contributed by atoms with Crippen LogP contribution >= 0.6 is 0 Å². The Labute approximate surface area is 159 Å². The van der Waals surface area contributed by atoms with Gasteiger partial charge in [0.15, 0.2) is 0 Å². The molecule has 3 rings (SSSR count). The fourth-order valence-corrected chi connectivity index (χ4v) is 3.16. The number of ether oxygens (including phenoxy) is 1. The van der Waals surface area contributed by atoms with E-state index >= 15 is 0 Å². The minimum absolute atomic E-state index is 0.0259. The zero-order valence-electron chi connectivity index (χ0n) is 15.6. The van der Waals surface area contributed by atoms with Gasteiger partial charge >= 0.3 is 6.03 Å². The van der Waals surface area contributed by atoms with E-state index in [1.165, 1.54) is 0 Å².